The lowest BCUT2D eigenvalue weighted by atomic mass is 9.96. The molecule has 70 heavy (non-hydrogen) atoms. The lowest BCUT2D eigenvalue weighted by Crippen LogP contribution is -2.66. The lowest BCUT2D eigenvalue weighted by Gasteiger charge is -2.48. The van der Waals surface area contributed by atoms with Crippen molar-refractivity contribution in [2.45, 2.75) is 240 Å². The summed E-state index contributed by atoms with van der Waals surface area (Å²) in [4.78, 5) is 13.2. The Kier molecular flexibility index (Phi) is 31.8. The molecule has 0 bridgehead atoms. The minimum atomic E-state index is -1.97. The number of hydrogen-bond acceptors (Lipinski definition) is 18. The van der Waals surface area contributed by atoms with Crippen molar-refractivity contribution in [2.75, 3.05) is 26.4 Å². The second kappa shape index (κ2) is 35.8. The van der Waals surface area contributed by atoms with E-state index >= 15 is 0 Å². The van der Waals surface area contributed by atoms with Gasteiger partial charge in [-0.3, -0.25) is 4.79 Å². The summed E-state index contributed by atoms with van der Waals surface area (Å²) in [5.74, 6) is -0.267. The number of aliphatic hydroxyl groups is 11. The fraction of sp³-hybridized carbons (Fsp3) is 0.824. The molecule has 3 saturated heterocycles. The molecule has 3 heterocycles. The van der Waals surface area contributed by atoms with Gasteiger partial charge in [0.1, 0.15) is 73.2 Å². The Morgan fingerprint density at radius 2 is 0.986 bits per heavy atom. The topological polar surface area (TPSA) is 307 Å². The predicted molar refractivity (Wildman–Crippen MR) is 259 cm³/mol. The quantitative estimate of drug-likeness (QED) is 0.0319. The molecule has 406 valence electrons. The molecule has 17 atom stereocenters. The molecule has 19 heteroatoms. The first-order chi connectivity index (χ1) is 33.8. The number of aliphatic hydroxyl groups excluding tert-OH is 11. The molecule has 0 radical (unpaired) electrons. The van der Waals surface area contributed by atoms with Crippen LogP contribution in [-0.4, -0.2) is 193 Å². The van der Waals surface area contributed by atoms with Crippen LogP contribution in [0.2, 0.25) is 0 Å². The van der Waals surface area contributed by atoms with Gasteiger partial charge in [-0.25, -0.2) is 0 Å². The second-order valence-corrected chi connectivity index (χ2v) is 18.6. The number of carbonyl (C=O) groups excluding carboxylic acids is 1. The van der Waals surface area contributed by atoms with E-state index in [4.69, 9.17) is 28.4 Å². The normalized spacial score (nSPS) is 33.0. The van der Waals surface area contributed by atoms with Crippen molar-refractivity contribution >= 4 is 5.91 Å². The summed E-state index contributed by atoms with van der Waals surface area (Å²) in [5, 5.41) is 119. The van der Waals surface area contributed by atoms with Gasteiger partial charge in [-0.05, 0) is 51.4 Å². The van der Waals surface area contributed by atoms with E-state index in [9.17, 15) is 61.0 Å². The van der Waals surface area contributed by atoms with Crippen LogP contribution < -0.4 is 5.32 Å². The van der Waals surface area contributed by atoms with Crippen LogP contribution in [0, 0.1) is 0 Å². The Hall–Kier alpha value is -2.25. The van der Waals surface area contributed by atoms with E-state index in [0.29, 0.717) is 19.3 Å². The summed E-state index contributed by atoms with van der Waals surface area (Å²) < 4.78 is 34.1. The zero-order valence-electron chi connectivity index (χ0n) is 41.5. The van der Waals surface area contributed by atoms with Crippen molar-refractivity contribution in [3.63, 3.8) is 0 Å². The molecule has 17 unspecified atom stereocenters. The SMILES string of the molecule is CC/C=C\C/C=C\C/C=C\C/C=C\CCCCCCCCC(=O)NC(COC1OC(CO)C(OC2OC(CO)C(OC3OC(CO)C(O)C(O)C3O)C(O)C2O)C(O)C1O)C(O)CCCCCCCC. The molecule has 3 aliphatic heterocycles. The summed E-state index contributed by atoms with van der Waals surface area (Å²) in [7, 11) is 0. The van der Waals surface area contributed by atoms with Crippen LogP contribution in [0.25, 0.3) is 0 Å². The van der Waals surface area contributed by atoms with Gasteiger partial charge in [0.15, 0.2) is 18.9 Å². The number of unbranched alkanes of at least 4 members (excludes halogenated alkanes) is 11. The number of hydrogen-bond donors (Lipinski definition) is 12. The average molecular weight is 1000 g/mol. The van der Waals surface area contributed by atoms with Crippen molar-refractivity contribution in [3.05, 3.63) is 48.6 Å². The average Bonchev–Trinajstić information content (AvgIpc) is 3.35. The van der Waals surface area contributed by atoms with Crippen molar-refractivity contribution in [1.29, 1.82) is 0 Å². The van der Waals surface area contributed by atoms with Crippen molar-refractivity contribution in [2.24, 2.45) is 0 Å². The largest absolute Gasteiger partial charge is 0.394 e. The second-order valence-electron chi connectivity index (χ2n) is 18.6. The van der Waals surface area contributed by atoms with Crippen molar-refractivity contribution in [3.8, 4) is 0 Å². The first-order valence-corrected chi connectivity index (χ1v) is 25.9. The number of amides is 1. The summed E-state index contributed by atoms with van der Waals surface area (Å²) in [6, 6.07) is -0.892. The molecular formula is C51H89NO18. The Labute approximate surface area is 414 Å². The van der Waals surface area contributed by atoms with E-state index in [1.54, 1.807) is 0 Å². The van der Waals surface area contributed by atoms with Gasteiger partial charge in [-0.1, -0.05) is 127 Å². The number of carbonyl (C=O) groups is 1. The zero-order chi connectivity index (χ0) is 51.3. The fourth-order valence-corrected chi connectivity index (χ4v) is 8.59. The maximum Gasteiger partial charge on any atom is 0.220 e. The number of ether oxygens (including phenoxy) is 6. The number of allylic oxidation sites excluding steroid dienone is 8. The molecule has 0 spiro atoms. The maximum absolute atomic E-state index is 13.2. The van der Waals surface area contributed by atoms with Crippen LogP contribution in [0.1, 0.15) is 136 Å². The Bertz CT molecular complexity index is 1480. The van der Waals surface area contributed by atoms with Gasteiger partial charge in [-0.2, -0.15) is 0 Å². The van der Waals surface area contributed by atoms with E-state index in [1.807, 2.05) is 0 Å². The zero-order valence-corrected chi connectivity index (χ0v) is 41.5. The maximum atomic E-state index is 13.2. The summed E-state index contributed by atoms with van der Waals surface area (Å²) in [5.41, 5.74) is 0. The van der Waals surface area contributed by atoms with Gasteiger partial charge in [0.05, 0.1) is 38.6 Å². The molecule has 19 nitrogen and oxygen atoms in total. The van der Waals surface area contributed by atoms with Crippen LogP contribution in [-0.2, 0) is 33.2 Å². The highest BCUT2D eigenvalue weighted by Crippen LogP contribution is 2.33. The highest BCUT2D eigenvalue weighted by atomic mass is 16.8. The van der Waals surface area contributed by atoms with Crippen LogP contribution in [0.3, 0.4) is 0 Å². The summed E-state index contributed by atoms with van der Waals surface area (Å²) in [6.45, 7) is 1.54. The number of rotatable bonds is 35. The molecule has 3 fully saturated rings. The minimum absolute atomic E-state index is 0.247. The van der Waals surface area contributed by atoms with E-state index in [1.165, 1.54) is 0 Å². The fourth-order valence-electron chi connectivity index (χ4n) is 8.59. The minimum Gasteiger partial charge on any atom is -0.394 e. The van der Waals surface area contributed by atoms with Crippen LogP contribution in [0.15, 0.2) is 48.6 Å². The van der Waals surface area contributed by atoms with E-state index in [-0.39, 0.29) is 18.9 Å². The molecular weight excluding hydrogens is 915 g/mol. The van der Waals surface area contributed by atoms with Gasteiger partial charge < -0.3 is 89.9 Å². The Balaban J connectivity index is 1.49. The molecule has 12 N–H and O–H groups in total. The van der Waals surface area contributed by atoms with Gasteiger partial charge in [0, 0.05) is 6.42 Å². The molecule has 0 aromatic heterocycles. The molecule has 3 rings (SSSR count). The molecule has 0 aliphatic carbocycles. The third kappa shape index (κ3) is 21.3. The molecule has 1 amide bonds. The monoisotopic (exact) mass is 1000 g/mol. The molecule has 0 saturated carbocycles. The standard InChI is InChI=1S/C51H89NO18/c1-3-5-7-9-11-12-13-14-15-16-17-18-19-20-21-22-23-25-27-29-39(57)52-34(35(56)28-26-24-10-8-6-4-2)33-65-49-45(63)42(60)47(37(31-54)67-49)70-51-46(64)43(61)48(38(32-55)68-51)69-50-44(62)41(59)40(58)36(30-53)66-50/h5,7,11-12,14-15,17-18,34-38,40-51,53-56,58-64H,3-4,6,8-10,13,16,19-33H2,1-2H3,(H,52,57)/b7-5-,12-11-,15-14-,18-17-. The first kappa shape index (κ1) is 62.0. The van der Waals surface area contributed by atoms with E-state index in [0.717, 1.165) is 96.3 Å². The Morgan fingerprint density at radius 1 is 0.529 bits per heavy atom. The van der Waals surface area contributed by atoms with Gasteiger partial charge in [0.25, 0.3) is 0 Å². The van der Waals surface area contributed by atoms with E-state index < -0.39 is 124 Å². The van der Waals surface area contributed by atoms with Gasteiger partial charge in [-0.15, -0.1) is 0 Å². The predicted octanol–water partition coefficient (Wildman–Crippen LogP) is 1.97. The smallest absolute Gasteiger partial charge is 0.220 e. The lowest BCUT2D eigenvalue weighted by molar-refractivity contribution is -0.379. The molecule has 0 aromatic rings. The highest BCUT2D eigenvalue weighted by molar-refractivity contribution is 5.76. The van der Waals surface area contributed by atoms with Crippen LogP contribution >= 0.6 is 0 Å². The third-order valence-corrected chi connectivity index (χ3v) is 12.9. The van der Waals surface area contributed by atoms with Gasteiger partial charge in [0.2, 0.25) is 5.91 Å². The summed E-state index contributed by atoms with van der Waals surface area (Å²) >= 11 is 0. The van der Waals surface area contributed by atoms with Gasteiger partial charge >= 0.3 is 0 Å². The number of nitrogens with one attached hydrogen (secondary N) is 1. The van der Waals surface area contributed by atoms with Crippen LogP contribution in [0.4, 0.5) is 0 Å². The first-order valence-electron chi connectivity index (χ1n) is 25.9. The summed E-state index contributed by atoms with van der Waals surface area (Å²) in [6.07, 6.45) is 8.35. The van der Waals surface area contributed by atoms with Crippen molar-refractivity contribution in [1.82, 2.24) is 5.32 Å². The van der Waals surface area contributed by atoms with Crippen LogP contribution in [0.5, 0.6) is 0 Å². The Morgan fingerprint density at radius 3 is 1.54 bits per heavy atom. The van der Waals surface area contributed by atoms with E-state index in [2.05, 4.69) is 67.8 Å². The van der Waals surface area contributed by atoms with Crippen molar-refractivity contribution < 1.29 is 89.4 Å². The highest BCUT2D eigenvalue weighted by Gasteiger charge is 2.53. The molecule has 3 aliphatic rings. The third-order valence-electron chi connectivity index (χ3n) is 12.9. The molecule has 0 aromatic carbocycles.